The number of hydrogen-bond donors (Lipinski definition) is 1. The quantitative estimate of drug-likeness (QED) is 0.751. The zero-order chi connectivity index (χ0) is 10.1. The normalized spacial score (nSPS) is 10.4. The maximum Gasteiger partial charge on any atom is 0.191 e. The molecule has 0 aliphatic carbocycles. The Kier molecular flexibility index (Phi) is 1.96. The summed E-state index contributed by atoms with van der Waals surface area (Å²) >= 11 is 0. The molecule has 0 radical (unpaired) electrons. The molecule has 4 heteroatoms. The molecule has 0 fully saturated rings. The molecule has 2 N–H and O–H groups in total. The van der Waals surface area contributed by atoms with E-state index < -0.39 is 5.82 Å². The molecule has 72 valence electrons. The van der Waals surface area contributed by atoms with Crippen LogP contribution in [0.5, 0.6) is 5.75 Å². The van der Waals surface area contributed by atoms with Crippen molar-refractivity contribution in [3.8, 4) is 5.75 Å². The molecule has 3 nitrogen and oxygen atoms in total. The molecule has 1 heterocycles. The second-order valence-corrected chi connectivity index (χ2v) is 2.89. The first-order valence-electron chi connectivity index (χ1n) is 4.11. The van der Waals surface area contributed by atoms with Gasteiger partial charge in [0.1, 0.15) is 11.3 Å². The van der Waals surface area contributed by atoms with E-state index in [4.69, 9.17) is 10.5 Å². The molecule has 0 aliphatic rings. The van der Waals surface area contributed by atoms with E-state index in [-0.39, 0.29) is 11.3 Å². The Labute approximate surface area is 80.3 Å². The number of hydrogen-bond acceptors (Lipinski definition) is 3. The van der Waals surface area contributed by atoms with Gasteiger partial charge in [0.15, 0.2) is 11.6 Å². The summed E-state index contributed by atoms with van der Waals surface area (Å²) in [5.74, 6) is -0.00227. The first-order valence-corrected chi connectivity index (χ1v) is 4.11. The number of methoxy groups -OCH3 is 1. The highest BCUT2D eigenvalue weighted by atomic mass is 19.1. The number of pyridine rings is 1. The lowest BCUT2D eigenvalue weighted by Crippen LogP contribution is -1.94. The summed E-state index contributed by atoms with van der Waals surface area (Å²) in [4.78, 5) is 3.91. The second kappa shape index (κ2) is 3.14. The van der Waals surface area contributed by atoms with Crippen LogP contribution in [-0.4, -0.2) is 12.1 Å². The molecular formula is C10H9FN2O. The number of nitrogen functional groups attached to an aromatic ring is 1. The Balaban J connectivity index is 2.79. The molecule has 0 bridgehead atoms. The topological polar surface area (TPSA) is 48.1 Å². The zero-order valence-electron chi connectivity index (χ0n) is 7.62. The van der Waals surface area contributed by atoms with Gasteiger partial charge in [-0.25, -0.2) is 9.37 Å². The van der Waals surface area contributed by atoms with Gasteiger partial charge in [0.05, 0.1) is 7.11 Å². The highest BCUT2D eigenvalue weighted by Crippen LogP contribution is 2.25. The molecule has 2 aromatic rings. The predicted molar refractivity (Wildman–Crippen MR) is 52.7 cm³/mol. The molecule has 0 aliphatic heterocycles. The summed E-state index contributed by atoms with van der Waals surface area (Å²) in [6.45, 7) is 0. The van der Waals surface area contributed by atoms with Crippen LogP contribution in [0.25, 0.3) is 10.9 Å². The van der Waals surface area contributed by atoms with E-state index in [2.05, 4.69) is 4.98 Å². The molecule has 0 atom stereocenters. The fourth-order valence-corrected chi connectivity index (χ4v) is 1.31. The van der Waals surface area contributed by atoms with E-state index in [1.54, 1.807) is 24.3 Å². The zero-order valence-corrected chi connectivity index (χ0v) is 7.62. The number of halogens is 1. The minimum absolute atomic E-state index is 0.176. The molecule has 1 aromatic carbocycles. The van der Waals surface area contributed by atoms with Crippen LogP contribution in [-0.2, 0) is 0 Å². The van der Waals surface area contributed by atoms with Crippen LogP contribution in [0.4, 0.5) is 10.2 Å². The lowest BCUT2D eigenvalue weighted by atomic mass is 10.2. The summed E-state index contributed by atoms with van der Waals surface area (Å²) < 4.78 is 18.4. The molecule has 1 aromatic heterocycles. The number of ether oxygens (including phenoxy) is 1. The molecule has 0 amide bonds. The number of fused-ring (bicyclic) bond motifs is 1. The summed E-state index contributed by atoms with van der Waals surface area (Å²) in [6.07, 6.45) is 0. The molecule has 14 heavy (non-hydrogen) atoms. The first-order chi connectivity index (χ1) is 6.72. The minimum atomic E-state index is -0.475. The molecule has 0 saturated carbocycles. The Hall–Kier alpha value is -1.84. The van der Waals surface area contributed by atoms with Gasteiger partial charge in [0.25, 0.3) is 0 Å². The van der Waals surface area contributed by atoms with Crippen molar-refractivity contribution in [1.29, 1.82) is 0 Å². The summed E-state index contributed by atoms with van der Waals surface area (Å²) in [7, 11) is 1.41. The number of anilines is 1. The maximum absolute atomic E-state index is 13.6. The number of nitrogens with two attached hydrogens (primary N) is 1. The number of rotatable bonds is 1. The van der Waals surface area contributed by atoms with E-state index in [0.29, 0.717) is 11.2 Å². The Morgan fingerprint density at radius 2 is 2.00 bits per heavy atom. The fraction of sp³-hybridized carbons (Fsp3) is 0.100. The SMILES string of the molecule is COc1ccc2ccc(N)nc2c1F. The smallest absolute Gasteiger partial charge is 0.191 e. The van der Waals surface area contributed by atoms with Gasteiger partial charge in [0.2, 0.25) is 0 Å². The van der Waals surface area contributed by atoms with Gasteiger partial charge in [-0.2, -0.15) is 0 Å². The summed E-state index contributed by atoms with van der Waals surface area (Å²) in [6, 6.07) is 6.66. The Morgan fingerprint density at radius 3 is 2.71 bits per heavy atom. The van der Waals surface area contributed by atoms with Crippen LogP contribution in [0.15, 0.2) is 24.3 Å². The van der Waals surface area contributed by atoms with Gasteiger partial charge < -0.3 is 10.5 Å². The van der Waals surface area contributed by atoms with E-state index in [1.807, 2.05) is 0 Å². The third kappa shape index (κ3) is 1.25. The third-order valence-corrected chi connectivity index (χ3v) is 2.01. The molecule has 0 unspecified atom stereocenters. The largest absolute Gasteiger partial charge is 0.494 e. The summed E-state index contributed by atoms with van der Waals surface area (Å²) in [5, 5.41) is 0.706. The van der Waals surface area contributed by atoms with Crippen LogP contribution >= 0.6 is 0 Å². The van der Waals surface area contributed by atoms with Crippen LogP contribution in [0.2, 0.25) is 0 Å². The number of nitrogens with zero attached hydrogens (tertiary/aromatic N) is 1. The molecule has 2 rings (SSSR count). The monoisotopic (exact) mass is 192 g/mol. The van der Waals surface area contributed by atoms with E-state index in [9.17, 15) is 4.39 Å². The lowest BCUT2D eigenvalue weighted by molar-refractivity contribution is 0.388. The molecular weight excluding hydrogens is 183 g/mol. The Bertz CT molecular complexity index is 485. The predicted octanol–water partition coefficient (Wildman–Crippen LogP) is 1.96. The van der Waals surface area contributed by atoms with Gasteiger partial charge >= 0.3 is 0 Å². The van der Waals surface area contributed by atoms with Crippen molar-refractivity contribution in [2.24, 2.45) is 0 Å². The van der Waals surface area contributed by atoms with Crippen LogP contribution in [0, 0.1) is 5.82 Å². The van der Waals surface area contributed by atoms with Gasteiger partial charge in [-0.15, -0.1) is 0 Å². The third-order valence-electron chi connectivity index (χ3n) is 2.01. The summed E-state index contributed by atoms with van der Waals surface area (Å²) in [5.41, 5.74) is 5.71. The van der Waals surface area contributed by atoms with Crippen molar-refractivity contribution in [1.82, 2.24) is 4.98 Å². The van der Waals surface area contributed by atoms with Crippen molar-refractivity contribution in [3.63, 3.8) is 0 Å². The van der Waals surface area contributed by atoms with Crippen molar-refractivity contribution in [2.45, 2.75) is 0 Å². The van der Waals surface area contributed by atoms with Gasteiger partial charge in [0, 0.05) is 5.39 Å². The van der Waals surface area contributed by atoms with E-state index in [0.717, 1.165) is 0 Å². The van der Waals surface area contributed by atoms with Gasteiger partial charge in [-0.05, 0) is 24.3 Å². The minimum Gasteiger partial charge on any atom is -0.494 e. The molecule has 0 saturated heterocycles. The lowest BCUT2D eigenvalue weighted by Gasteiger charge is -2.04. The Morgan fingerprint density at radius 1 is 1.29 bits per heavy atom. The average molecular weight is 192 g/mol. The second-order valence-electron chi connectivity index (χ2n) is 2.89. The highest BCUT2D eigenvalue weighted by Gasteiger charge is 2.08. The van der Waals surface area contributed by atoms with Crippen molar-refractivity contribution >= 4 is 16.7 Å². The van der Waals surface area contributed by atoms with E-state index >= 15 is 0 Å². The van der Waals surface area contributed by atoms with Crippen LogP contribution in [0.1, 0.15) is 0 Å². The van der Waals surface area contributed by atoms with Crippen LogP contribution < -0.4 is 10.5 Å². The average Bonchev–Trinajstić information content (AvgIpc) is 2.20. The van der Waals surface area contributed by atoms with Crippen LogP contribution in [0.3, 0.4) is 0 Å². The number of benzene rings is 1. The van der Waals surface area contributed by atoms with Gasteiger partial charge in [-0.3, -0.25) is 0 Å². The molecule has 0 spiro atoms. The highest BCUT2D eigenvalue weighted by molar-refractivity contribution is 5.82. The standard InChI is InChI=1S/C10H9FN2O/c1-14-7-4-2-6-3-5-8(12)13-10(6)9(7)11/h2-5H,1H3,(H2,12,13). The van der Waals surface area contributed by atoms with Crippen molar-refractivity contribution in [2.75, 3.05) is 12.8 Å². The maximum atomic E-state index is 13.6. The fourth-order valence-electron chi connectivity index (χ4n) is 1.31. The van der Waals surface area contributed by atoms with Crippen molar-refractivity contribution in [3.05, 3.63) is 30.1 Å². The van der Waals surface area contributed by atoms with Crippen molar-refractivity contribution < 1.29 is 9.13 Å². The first kappa shape index (κ1) is 8.74. The van der Waals surface area contributed by atoms with Gasteiger partial charge in [-0.1, -0.05) is 0 Å². The number of aromatic nitrogens is 1. The van der Waals surface area contributed by atoms with E-state index in [1.165, 1.54) is 7.11 Å².